The monoisotopic (exact) mass is 214 g/mol. The van der Waals surface area contributed by atoms with Crippen molar-refractivity contribution in [2.24, 2.45) is 0 Å². The summed E-state index contributed by atoms with van der Waals surface area (Å²) in [4.78, 5) is 4.31. The van der Waals surface area contributed by atoms with Gasteiger partial charge in [-0.2, -0.15) is 10.1 Å². The van der Waals surface area contributed by atoms with Gasteiger partial charge in [-0.15, -0.1) is 5.10 Å². The largest absolute Gasteiger partial charge is 0.356 e. The van der Waals surface area contributed by atoms with E-state index in [0.717, 1.165) is 16.9 Å². The molecule has 0 fully saturated rings. The van der Waals surface area contributed by atoms with Crippen molar-refractivity contribution in [3.8, 4) is 11.3 Å². The normalized spacial score (nSPS) is 10.8. The Morgan fingerprint density at radius 3 is 3.06 bits per heavy atom. The number of nitrogens with zero attached hydrogens (tertiary/aromatic N) is 4. The number of anilines is 1. The molecular formula is C10H10N6. The molecule has 80 valence electrons. The maximum absolute atomic E-state index is 4.34. The number of hydrogen-bond donors (Lipinski definition) is 2. The fraction of sp³-hybridized carbons (Fsp3) is 0.100. The number of aromatic nitrogens is 5. The summed E-state index contributed by atoms with van der Waals surface area (Å²) >= 11 is 0. The first kappa shape index (κ1) is 8.90. The van der Waals surface area contributed by atoms with Gasteiger partial charge in [-0.05, 0) is 12.1 Å². The van der Waals surface area contributed by atoms with Crippen LogP contribution in [0.25, 0.3) is 16.9 Å². The van der Waals surface area contributed by atoms with Crippen molar-refractivity contribution in [1.82, 2.24) is 24.8 Å². The molecule has 0 atom stereocenters. The first-order valence-electron chi connectivity index (χ1n) is 4.91. The Kier molecular flexibility index (Phi) is 1.86. The van der Waals surface area contributed by atoms with E-state index in [9.17, 15) is 0 Å². The minimum atomic E-state index is 0.607. The lowest BCUT2D eigenvalue weighted by Gasteiger charge is -1.99. The summed E-state index contributed by atoms with van der Waals surface area (Å²) in [7, 11) is 1.80. The molecule has 0 radical (unpaired) electrons. The zero-order valence-corrected chi connectivity index (χ0v) is 8.68. The third-order valence-electron chi connectivity index (χ3n) is 2.38. The summed E-state index contributed by atoms with van der Waals surface area (Å²) in [5.41, 5.74) is 2.75. The molecule has 0 aliphatic carbocycles. The SMILES string of the molecule is CNc1nc2cccc(-c3cn[nH]c3)n2n1. The Bertz CT molecular complexity index is 609. The van der Waals surface area contributed by atoms with E-state index in [1.807, 2.05) is 24.4 Å². The quantitative estimate of drug-likeness (QED) is 0.671. The van der Waals surface area contributed by atoms with E-state index >= 15 is 0 Å². The molecule has 3 heterocycles. The van der Waals surface area contributed by atoms with Crippen LogP contribution in [0.1, 0.15) is 0 Å². The first-order chi connectivity index (χ1) is 7.88. The molecule has 0 aromatic carbocycles. The molecule has 2 N–H and O–H groups in total. The van der Waals surface area contributed by atoms with E-state index in [1.54, 1.807) is 17.8 Å². The minimum Gasteiger partial charge on any atom is -0.356 e. The summed E-state index contributed by atoms with van der Waals surface area (Å²) < 4.78 is 1.79. The molecule has 0 spiro atoms. The van der Waals surface area contributed by atoms with Crippen molar-refractivity contribution in [3.63, 3.8) is 0 Å². The number of pyridine rings is 1. The fourth-order valence-electron chi connectivity index (χ4n) is 1.62. The average molecular weight is 214 g/mol. The molecule has 16 heavy (non-hydrogen) atoms. The third kappa shape index (κ3) is 1.23. The second kappa shape index (κ2) is 3.34. The van der Waals surface area contributed by atoms with Crippen LogP contribution in [0.2, 0.25) is 0 Å². The third-order valence-corrected chi connectivity index (χ3v) is 2.38. The van der Waals surface area contributed by atoms with Crippen LogP contribution >= 0.6 is 0 Å². The molecule has 3 aromatic rings. The number of hydrogen-bond acceptors (Lipinski definition) is 4. The molecular weight excluding hydrogens is 204 g/mol. The van der Waals surface area contributed by atoms with Crippen molar-refractivity contribution in [2.45, 2.75) is 0 Å². The summed E-state index contributed by atoms with van der Waals surface area (Å²) in [5, 5.41) is 14.0. The van der Waals surface area contributed by atoms with Crippen LogP contribution < -0.4 is 5.32 Å². The maximum atomic E-state index is 4.34. The topological polar surface area (TPSA) is 70.9 Å². The van der Waals surface area contributed by atoms with Crippen LogP contribution in [0.5, 0.6) is 0 Å². The molecule has 3 aromatic heterocycles. The summed E-state index contributed by atoms with van der Waals surface area (Å²) in [6, 6.07) is 5.84. The highest BCUT2D eigenvalue weighted by Gasteiger charge is 2.07. The van der Waals surface area contributed by atoms with Crippen molar-refractivity contribution in [2.75, 3.05) is 12.4 Å². The number of nitrogens with one attached hydrogen (secondary N) is 2. The van der Waals surface area contributed by atoms with E-state index in [-0.39, 0.29) is 0 Å². The maximum Gasteiger partial charge on any atom is 0.242 e. The van der Waals surface area contributed by atoms with E-state index in [4.69, 9.17) is 0 Å². The molecule has 0 amide bonds. The van der Waals surface area contributed by atoms with Gasteiger partial charge in [-0.1, -0.05) is 6.07 Å². The number of rotatable bonds is 2. The lowest BCUT2D eigenvalue weighted by molar-refractivity contribution is 0.971. The van der Waals surface area contributed by atoms with Gasteiger partial charge in [0.15, 0.2) is 5.65 Å². The van der Waals surface area contributed by atoms with Crippen molar-refractivity contribution in [1.29, 1.82) is 0 Å². The van der Waals surface area contributed by atoms with E-state index in [1.165, 1.54) is 0 Å². The van der Waals surface area contributed by atoms with Gasteiger partial charge in [0.2, 0.25) is 5.95 Å². The molecule has 3 rings (SSSR count). The van der Waals surface area contributed by atoms with Crippen LogP contribution in [0.3, 0.4) is 0 Å². The van der Waals surface area contributed by atoms with Crippen molar-refractivity contribution >= 4 is 11.6 Å². The Morgan fingerprint density at radius 2 is 2.31 bits per heavy atom. The predicted molar refractivity (Wildman–Crippen MR) is 60.1 cm³/mol. The number of H-pyrrole nitrogens is 1. The predicted octanol–water partition coefficient (Wildman–Crippen LogP) is 1.16. The van der Waals surface area contributed by atoms with Gasteiger partial charge in [0, 0.05) is 18.8 Å². The number of fused-ring (bicyclic) bond motifs is 1. The zero-order chi connectivity index (χ0) is 11.0. The number of aromatic amines is 1. The summed E-state index contributed by atoms with van der Waals surface area (Å²) in [5.74, 6) is 0.607. The average Bonchev–Trinajstić information content (AvgIpc) is 2.97. The van der Waals surface area contributed by atoms with Crippen LogP contribution in [0.15, 0.2) is 30.6 Å². The molecule has 0 saturated heterocycles. The molecule has 0 unspecified atom stereocenters. The van der Waals surface area contributed by atoms with Crippen LogP contribution in [0, 0.1) is 0 Å². The Hall–Kier alpha value is -2.37. The van der Waals surface area contributed by atoms with Crippen LogP contribution in [-0.4, -0.2) is 31.8 Å². The lowest BCUT2D eigenvalue weighted by Crippen LogP contribution is -1.94. The van der Waals surface area contributed by atoms with E-state index < -0.39 is 0 Å². The van der Waals surface area contributed by atoms with Crippen LogP contribution in [0.4, 0.5) is 5.95 Å². The smallest absolute Gasteiger partial charge is 0.242 e. The van der Waals surface area contributed by atoms with Gasteiger partial charge in [0.25, 0.3) is 0 Å². The highest BCUT2D eigenvalue weighted by Crippen LogP contribution is 2.18. The second-order valence-corrected chi connectivity index (χ2v) is 3.35. The van der Waals surface area contributed by atoms with Gasteiger partial charge in [-0.3, -0.25) is 5.10 Å². The van der Waals surface area contributed by atoms with Gasteiger partial charge in [-0.25, -0.2) is 4.52 Å². The zero-order valence-electron chi connectivity index (χ0n) is 8.68. The van der Waals surface area contributed by atoms with Crippen molar-refractivity contribution < 1.29 is 0 Å². The lowest BCUT2D eigenvalue weighted by atomic mass is 10.2. The summed E-state index contributed by atoms with van der Waals surface area (Å²) in [6.07, 6.45) is 3.59. The molecule has 0 aliphatic rings. The molecule has 0 saturated carbocycles. The highest BCUT2D eigenvalue weighted by atomic mass is 15.3. The molecule has 6 heteroatoms. The van der Waals surface area contributed by atoms with E-state index in [0.29, 0.717) is 5.95 Å². The van der Waals surface area contributed by atoms with Crippen LogP contribution in [-0.2, 0) is 0 Å². The van der Waals surface area contributed by atoms with Gasteiger partial charge >= 0.3 is 0 Å². The highest BCUT2D eigenvalue weighted by molar-refractivity contribution is 5.62. The first-order valence-corrected chi connectivity index (χ1v) is 4.91. The molecule has 6 nitrogen and oxygen atoms in total. The molecule has 0 aliphatic heterocycles. The minimum absolute atomic E-state index is 0.607. The van der Waals surface area contributed by atoms with Crippen molar-refractivity contribution in [3.05, 3.63) is 30.6 Å². The Balaban J connectivity index is 2.28. The second-order valence-electron chi connectivity index (χ2n) is 3.35. The molecule has 0 bridgehead atoms. The summed E-state index contributed by atoms with van der Waals surface area (Å²) in [6.45, 7) is 0. The van der Waals surface area contributed by atoms with Gasteiger partial charge < -0.3 is 5.32 Å². The van der Waals surface area contributed by atoms with E-state index in [2.05, 4.69) is 25.6 Å². The Morgan fingerprint density at radius 1 is 1.38 bits per heavy atom. The van der Waals surface area contributed by atoms with Gasteiger partial charge in [0.05, 0.1) is 11.9 Å². The van der Waals surface area contributed by atoms with Gasteiger partial charge in [0.1, 0.15) is 0 Å². The Labute approximate surface area is 91.3 Å². The fourth-order valence-corrected chi connectivity index (χ4v) is 1.62. The standard InChI is InChI=1S/C10H10N6/c1-11-10-14-9-4-2-3-8(16(9)15-10)7-5-12-13-6-7/h2-6H,1H3,(H,11,15)(H,12,13).